The highest BCUT2D eigenvalue weighted by atomic mass is 16.4. The van der Waals surface area contributed by atoms with Crippen LogP contribution in [0.25, 0.3) is 0 Å². The number of hydrogen-bond donors (Lipinski definition) is 3. The number of carbonyl (C=O) groups is 2. The fourth-order valence-corrected chi connectivity index (χ4v) is 2.42. The summed E-state index contributed by atoms with van der Waals surface area (Å²) in [7, 11) is 0. The van der Waals surface area contributed by atoms with E-state index in [1.165, 1.54) is 0 Å². The van der Waals surface area contributed by atoms with Gasteiger partial charge in [-0.05, 0) is 31.1 Å². The predicted molar refractivity (Wildman–Crippen MR) is 70.8 cm³/mol. The van der Waals surface area contributed by atoms with E-state index in [1.54, 1.807) is 4.90 Å². The van der Waals surface area contributed by atoms with Gasteiger partial charge in [0.15, 0.2) is 6.04 Å². The summed E-state index contributed by atoms with van der Waals surface area (Å²) < 4.78 is 0. The molecule has 0 radical (unpaired) electrons. The van der Waals surface area contributed by atoms with Crippen LogP contribution in [0.2, 0.25) is 0 Å². The number of carbonyl (C=O) groups excluding carboxylic acids is 1. The van der Waals surface area contributed by atoms with Gasteiger partial charge in [-0.15, -0.1) is 0 Å². The Kier molecular flexibility index (Phi) is 6.08. The highest BCUT2D eigenvalue weighted by molar-refractivity contribution is 5.82. The molecule has 0 saturated carbocycles. The maximum Gasteiger partial charge on any atom is 0.328 e. The Morgan fingerprint density at radius 3 is 2.53 bits per heavy atom. The Hall–Kier alpha value is -1.30. The zero-order chi connectivity index (χ0) is 14.4. The minimum absolute atomic E-state index is 0.397. The van der Waals surface area contributed by atoms with Crippen molar-refractivity contribution in [2.75, 3.05) is 19.7 Å². The van der Waals surface area contributed by atoms with Gasteiger partial charge in [-0.1, -0.05) is 13.8 Å². The molecule has 1 aliphatic rings. The van der Waals surface area contributed by atoms with E-state index in [0.717, 1.165) is 19.3 Å². The lowest BCUT2D eigenvalue weighted by Gasteiger charge is -2.23. The monoisotopic (exact) mass is 272 g/mol. The van der Waals surface area contributed by atoms with Crippen molar-refractivity contribution in [2.45, 2.75) is 39.2 Å². The second kappa shape index (κ2) is 7.33. The molecule has 1 aliphatic heterocycles. The van der Waals surface area contributed by atoms with E-state index in [9.17, 15) is 9.59 Å². The van der Waals surface area contributed by atoms with Gasteiger partial charge in [-0.3, -0.25) is 0 Å². The maximum atomic E-state index is 11.9. The third kappa shape index (κ3) is 4.70. The van der Waals surface area contributed by atoms with Gasteiger partial charge in [0.05, 0.1) is 6.61 Å². The number of nitrogens with one attached hydrogen (secondary N) is 1. The molecule has 0 aromatic carbocycles. The van der Waals surface area contributed by atoms with Crippen LogP contribution in [-0.2, 0) is 4.79 Å². The third-order valence-electron chi connectivity index (χ3n) is 3.78. The Morgan fingerprint density at radius 2 is 2.00 bits per heavy atom. The normalized spacial score (nSPS) is 21.9. The smallest absolute Gasteiger partial charge is 0.328 e. The largest absolute Gasteiger partial charge is 0.480 e. The summed E-state index contributed by atoms with van der Waals surface area (Å²) >= 11 is 0. The van der Waals surface area contributed by atoms with Crippen LogP contribution in [0.3, 0.4) is 0 Å². The second-order valence-electron chi connectivity index (χ2n) is 5.44. The molecular formula is C13H24N2O4. The summed E-state index contributed by atoms with van der Waals surface area (Å²) in [5.41, 5.74) is 0. The van der Waals surface area contributed by atoms with Crippen molar-refractivity contribution in [1.29, 1.82) is 0 Å². The van der Waals surface area contributed by atoms with Crippen molar-refractivity contribution >= 4 is 12.0 Å². The van der Waals surface area contributed by atoms with Crippen LogP contribution in [0.15, 0.2) is 0 Å². The molecule has 110 valence electrons. The number of amides is 2. The third-order valence-corrected chi connectivity index (χ3v) is 3.78. The van der Waals surface area contributed by atoms with Gasteiger partial charge in [0.1, 0.15) is 0 Å². The molecule has 1 heterocycles. The Labute approximate surface area is 113 Å². The van der Waals surface area contributed by atoms with Crippen molar-refractivity contribution in [3.05, 3.63) is 0 Å². The van der Waals surface area contributed by atoms with E-state index in [0.29, 0.717) is 24.9 Å². The van der Waals surface area contributed by atoms with Gasteiger partial charge in [-0.2, -0.15) is 0 Å². The number of carboxylic acid groups (broad SMARTS) is 1. The summed E-state index contributed by atoms with van der Waals surface area (Å²) in [6.07, 6.45) is 2.99. The van der Waals surface area contributed by atoms with E-state index in [4.69, 9.17) is 10.2 Å². The molecule has 1 saturated heterocycles. The number of rotatable bonds is 4. The standard InChI is InChI=1S/C13H24N2O4/c1-9(2)10-4-3-6-15(7-5-10)13(19)14-11(8-16)12(17)18/h9-11,16H,3-8H2,1-2H3,(H,14,19)(H,17,18)/t10?,11-/m1/s1. The lowest BCUT2D eigenvalue weighted by Crippen LogP contribution is -2.49. The highest BCUT2D eigenvalue weighted by Gasteiger charge is 2.25. The van der Waals surface area contributed by atoms with Gasteiger partial charge in [-0.25, -0.2) is 9.59 Å². The topological polar surface area (TPSA) is 89.9 Å². The van der Waals surface area contributed by atoms with Crippen molar-refractivity contribution in [2.24, 2.45) is 11.8 Å². The molecule has 2 amide bonds. The van der Waals surface area contributed by atoms with E-state index in [1.807, 2.05) is 0 Å². The van der Waals surface area contributed by atoms with Crippen LogP contribution in [0.1, 0.15) is 33.1 Å². The number of hydrogen-bond acceptors (Lipinski definition) is 3. The fourth-order valence-electron chi connectivity index (χ4n) is 2.42. The molecule has 1 fully saturated rings. The first kappa shape index (κ1) is 15.8. The summed E-state index contributed by atoms with van der Waals surface area (Å²) in [5, 5.41) is 20.0. The molecule has 2 atom stereocenters. The number of urea groups is 1. The van der Waals surface area contributed by atoms with Gasteiger partial charge in [0, 0.05) is 13.1 Å². The lowest BCUT2D eigenvalue weighted by molar-refractivity contribution is -0.140. The Bertz CT molecular complexity index is 320. The number of aliphatic carboxylic acids is 1. The van der Waals surface area contributed by atoms with Crippen molar-refractivity contribution < 1.29 is 19.8 Å². The quantitative estimate of drug-likeness (QED) is 0.709. The summed E-state index contributed by atoms with van der Waals surface area (Å²) in [4.78, 5) is 24.4. The van der Waals surface area contributed by atoms with E-state index in [2.05, 4.69) is 19.2 Å². The molecular weight excluding hydrogens is 248 g/mol. The number of aliphatic hydroxyl groups is 1. The molecule has 0 aromatic rings. The maximum absolute atomic E-state index is 11.9. The summed E-state index contributed by atoms with van der Waals surface area (Å²) in [6, 6.07) is -1.62. The molecule has 6 nitrogen and oxygen atoms in total. The van der Waals surface area contributed by atoms with Crippen LogP contribution < -0.4 is 5.32 Å². The molecule has 0 spiro atoms. The minimum Gasteiger partial charge on any atom is -0.480 e. The van der Waals surface area contributed by atoms with E-state index in [-0.39, 0.29) is 0 Å². The van der Waals surface area contributed by atoms with Crippen molar-refractivity contribution in [3.63, 3.8) is 0 Å². The van der Waals surface area contributed by atoms with Gasteiger partial charge in [0.25, 0.3) is 0 Å². The molecule has 6 heteroatoms. The van der Waals surface area contributed by atoms with E-state index >= 15 is 0 Å². The van der Waals surface area contributed by atoms with Crippen molar-refractivity contribution in [1.82, 2.24) is 10.2 Å². The SMILES string of the molecule is CC(C)C1CCCN(C(=O)N[C@H](CO)C(=O)O)CC1. The summed E-state index contributed by atoms with van der Waals surface area (Å²) in [6.45, 7) is 5.07. The number of likely N-dealkylation sites (tertiary alicyclic amines) is 1. The van der Waals surface area contributed by atoms with Crippen LogP contribution in [0, 0.1) is 11.8 Å². The van der Waals surface area contributed by atoms with Gasteiger partial charge < -0.3 is 20.4 Å². The Morgan fingerprint density at radius 1 is 1.32 bits per heavy atom. The molecule has 1 rings (SSSR count). The van der Waals surface area contributed by atoms with Crippen molar-refractivity contribution in [3.8, 4) is 0 Å². The average Bonchev–Trinajstić information content (AvgIpc) is 2.60. The van der Waals surface area contributed by atoms with Gasteiger partial charge >= 0.3 is 12.0 Å². The Balaban J connectivity index is 2.51. The zero-order valence-corrected chi connectivity index (χ0v) is 11.6. The molecule has 0 aromatic heterocycles. The highest BCUT2D eigenvalue weighted by Crippen LogP contribution is 2.24. The molecule has 3 N–H and O–H groups in total. The molecule has 19 heavy (non-hydrogen) atoms. The van der Waals surface area contributed by atoms with E-state index < -0.39 is 24.6 Å². The van der Waals surface area contributed by atoms with Gasteiger partial charge in [0.2, 0.25) is 0 Å². The zero-order valence-electron chi connectivity index (χ0n) is 11.6. The van der Waals surface area contributed by atoms with Crippen LogP contribution in [-0.4, -0.2) is 52.9 Å². The lowest BCUT2D eigenvalue weighted by atomic mass is 9.89. The first-order valence-electron chi connectivity index (χ1n) is 6.84. The van der Waals surface area contributed by atoms with Crippen LogP contribution in [0.4, 0.5) is 4.79 Å². The second-order valence-corrected chi connectivity index (χ2v) is 5.44. The summed E-state index contributed by atoms with van der Waals surface area (Å²) in [5.74, 6) is 0.00358. The average molecular weight is 272 g/mol. The first-order valence-corrected chi connectivity index (χ1v) is 6.84. The number of nitrogens with zero attached hydrogens (tertiary/aromatic N) is 1. The number of aliphatic hydroxyl groups excluding tert-OH is 1. The fraction of sp³-hybridized carbons (Fsp3) is 0.846. The molecule has 1 unspecified atom stereocenters. The molecule has 0 aliphatic carbocycles. The molecule has 0 bridgehead atoms. The predicted octanol–water partition coefficient (Wildman–Crippen LogP) is 0.900. The minimum atomic E-state index is -1.23. The van der Waals surface area contributed by atoms with Crippen LogP contribution in [0.5, 0.6) is 0 Å². The number of carboxylic acids is 1. The van der Waals surface area contributed by atoms with Crippen LogP contribution >= 0.6 is 0 Å². The first-order chi connectivity index (χ1) is 8.95.